The Balaban J connectivity index is 0.000000177. The fraction of sp³-hybridized carbons (Fsp3) is 0.700. The van der Waals surface area contributed by atoms with Gasteiger partial charge in [0.05, 0.1) is 27.4 Å². The molecule has 0 aromatic carbocycles. The van der Waals surface area contributed by atoms with Crippen LogP contribution >= 0.6 is 46.4 Å². The predicted octanol–water partition coefficient (Wildman–Crippen LogP) is 3.32. The number of halogens is 4. The van der Waals surface area contributed by atoms with Gasteiger partial charge in [0.1, 0.15) is 8.67 Å². The van der Waals surface area contributed by atoms with Crippen LogP contribution in [0.5, 0.6) is 0 Å². The second-order valence-electron chi connectivity index (χ2n) is 8.06. The molecule has 2 saturated carbocycles. The molecule has 4 rings (SSSR count). The van der Waals surface area contributed by atoms with Gasteiger partial charge in [0.25, 0.3) is 0 Å². The summed E-state index contributed by atoms with van der Waals surface area (Å²) in [7, 11) is 2.55. The lowest BCUT2D eigenvalue weighted by Crippen LogP contribution is -2.18. The molecule has 4 aliphatic rings. The zero-order chi connectivity index (χ0) is 22.4. The third-order valence-corrected chi connectivity index (χ3v) is 8.86. The molecule has 0 aromatic heterocycles. The summed E-state index contributed by atoms with van der Waals surface area (Å²) in [6.45, 7) is 0.0337. The topological polar surface area (TPSA) is 93.1 Å². The van der Waals surface area contributed by atoms with Crippen LogP contribution < -0.4 is 0 Å². The maximum Gasteiger partial charge on any atom is 0.334 e. The summed E-state index contributed by atoms with van der Waals surface area (Å²) in [4.78, 5) is 23.2. The van der Waals surface area contributed by atoms with Crippen LogP contribution in [0.25, 0.3) is 0 Å². The number of hydrogen-bond acceptors (Lipinski definition) is 6. The van der Waals surface area contributed by atoms with E-state index in [1.807, 2.05) is 0 Å². The number of aliphatic hydroxyl groups is 2. The van der Waals surface area contributed by atoms with Gasteiger partial charge in [-0.15, -0.1) is 46.4 Å². The Labute approximate surface area is 195 Å². The van der Waals surface area contributed by atoms with E-state index in [-0.39, 0.29) is 36.9 Å². The molecule has 30 heavy (non-hydrogen) atoms. The van der Waals surface area contributed by atoms with Crippen molar-refractivity contribution in [3.8, 4) is 0 Å². The number of carbonyl (C=O) groups is 2. The minimum atomic E-state index is -0.838. The fourth-order valence-corrected chi connectivity index (χ4v) is 6.13. The van der Waals surface area contributed by atoms with Gasteiger partial charge >= 0.3 is 11.9 Å². The van der Waals surface area contributed by atoms with Gasteiger partial charge in [-0.3, -0.25) is 0 Å². The number of aliphatic hydroxyl groups excluding tert-OH is 2. The molecule has 0 heterocycles. The number of alkyl halides is 4. The molecule has 0 bridgehead atoms. The Morgan fingerprint density at radius 3 is 1.33 bits per heavy atom. The maximum absolute atomic E-state index is 11.6. The zero-order valence-corrected chi connectivity index (χ0v) is 19.6. The minimum Gasteiger partial charge on any atom is -0.466 e. The molecule has 0 saturated heterocycles. The number of methoxy groups -OCH3 is 2. The molecule has 0 spiro atoms. The smallest absolute Gasteiger partial charge is 0.334 e. The van der Waals surface area contributed by atoms with E-state index in [1.54, 1.807) is 0 Å². The van der Waals surface area contributed by atoms with Crippen LogP contribution in [-0.4, -0.2) is 58.3 Å². The first-order valence-electron chi connectivity index (χ1n) is 9.60. The van der Waals surface area contributed by atoms with E-state index in [0.29, 0.717) is 24.0 Å². The van der Waals surface area contributed by atoms with E-state index in [2.05, 4.69) is 9.47 Å². The predicted molar refractivity (Wildman–Crippen MR) is 114 cm³/mol. The summed E-state index contributed by atoms with van der Waals surface area (Å²) >= 11 is 24.2. The molecule has 4 atom stereocenters. The molecule has 168 valence electrons. The number of hydrogen-bond donors (Lipinski definition) is 2. The molecule has 2 fully saturated rings. The molecule has 2 N–H and O–H groups in total. The number of fused-ring (bicyclic) bond motifs is 2. The number of esters is 2. The molecular formula is C20H24Cl4O6. The first kappa shape index (κ1) is 24.1. The van der Waals surface area contributed by atoms with E-state index in [1.165, 1.54) is 14.2 Å². The normalized spacial score (nSPS) is 32.3. The Hall–Kier alpha value is -0.500. The Kier molecular flexibility index (Phi) is 7.08. The highest BCUT2D eigenvalue weighted by atomic mass is 35.5. The van der Waals surface area contributed by atoms with Crippen LogP contribution in [0.4, 0.5) is 0 Å². The highest BCUT2D eigenvalue weighted by molar-refractivity contribution is 6.51. The van der Waals surface area contributed by atoms with Crippen LogP contribution in [0.2, 0.25) is 0 Å². The standard InChI is InChI=1S/C11H12Cl2O4.C9H12Cl2O2/c1-16-9(14)5-3-7-8(11(7,12)13)4-6(5)10(15)17-2;10-9(11)7-1-5(3-12)6(4-13)2-8(7)9/h7-8H,3-4H2,1-2H3;7-8,12-13H,1-4H2. The molecule has 10 heteroatoms. The number of carbonyl (C=O) groups excluding carboxylic acids is 2. The van der Waals surface area contributed by atoms with Gasteiger partial charge in [0.15, 0.2) is 0 Å². The maximum atomic E-state index is 11.6. The minimum absolute atomic E-state index is 0.0168. The Bertz CT molecular complexity index is 743. The SMILES string of the molecule is COC(=O)C1=C(C(=O)OC)CC2C(C1)C2(Cl)Cl.OCC1=C(CO)CC2C(C1)C2(Cl)Cl. The Morgan fingerprint density at radius 1 is 0.767 bits per heavy atom. The van der Waals surface area contributed by atoms with Crippen molar-refractivity contribution in [3.05, 3.63) is 22.3 Å². The summed E-state index contributed by atoms with van der Waals surface area (Å²) in [6.07, 6.45) is 2.22. The molecular weight excluding hydrogens is 478 g/mol. The average molecular weight is 502 g/mol. The molecule has 0 aromatic rings. The molecule has 0 aliphatic heterocycles. The molecule has 4 unspecified atom stereocenters. The summed E-state index contributed by atoms with van der Waals surface area (Å²) in [5.41, 5.74) is 2.52. The zero-order valence-electron chi connectivity index (χ0n) is 16.6. The van der Waals surface area contributed by atoms with Gasteiger partial charge in [-0.05, 0) is 36.8 Å². The third-order valence-electron chi connectivity index (χ3n) is 6.62. The van der Waals surface area contributed by atoms with Crippen LogP contribution in [0.15, 0.2) is 22.3 Å². The van der Waals surface area contributed by atoms with Crippen LogP contribution in [-0.2, 0) is 19.1 Å². The Morgan fingerprint density at radius 2 is 1.07 bits per heavy atom. The first-order valence-corrected chi connectivity index (χ1v) is 11.1. The van der Waals surface area contributed by atoms with Crippen molar-refractivity contribution >= 4 is 58.3 Å². The number of rotatable bonds is 4. The van der Waals surface area contributed by atoms with E-state index in [0.717, 1.165) is 24.0 Å². The van der Waals surface area contributed by atoms with Gasteiger partial charge in [0.2, 0.25) is 0 Å². The van der Waals surface area contributed by atoms with Gasteiger partial charge in [-0.2, -0.15) is 0 Å². The summed E-state index contributed by atoms with van der Waals surface area (Å²) < 4.78 is 7.87. The largest absolute Gasteiger partial charge is 0.466 e. The van der Waals surface area contributed by atoms with E-state index < -0.39 is 20.6 Å². The lowest BCUT2D eigenvalue weighted by molar-refractivity contribution is -0.139. The van der Waals surface area contributed by atoms with Crippen molar-refractivity contribution in [2.45, 2.75) is 34.3 Å². The van der Waals surface area contributed by atoms with Gasteiger partial charge in [-0.25, -0.2) is 9.59 Å². The van der Waals surface area contributed by atoms with E-state index >= 15 is 0 Å². The van der Waals surface area contributed by atoms with Crippen molar-refractivity contribution < 1.29 is 29.3 Å². The van der Waals surface area contributed by atoms with Crippen LogP contribution in [0.3, 0.4) is 0 Å². The van der Waals surface area contributed by atoms with Crippen molar-refractivity contribution in [2.75, 3.05) is 27.4 Å². The molecule has 4 aliphatic carbocycles. The summed E-state index contributed by atoms with van der Waals surface area (Å²) in [5, 5.41) is 18.1. The first-order chi connectivity index (χ1) is 14.0. The van der Waals surface area contributed by atoms with E-state index in [9.17, 15) is 9.59 Å². The summed E-state index contributed by atoms with van der Waals surface area (Å²) in [6, 6.07) is 0. The molecule has 0 radical (unpaired) electrons. The average Bonchev–Trinajstić information content (AvgIpc) is 3.51. The lowest BCUT2D eigenvalue weighted by atomic mass is 9.92. The second kappa shape index (κ2) is 8.80. The van der Waals surface area contributed by atoms with Crippen molar-refractivity contribution in [1.82, 2.24) is 0 Å². The van der Waals surface area contributed by atoms with Crippen molar-refractivity contribution in [1.29, 1.82) is 0 Å². The van der Waals surface area contributed by atoms with Gasteiger partial charge in [-0.1, -0.05) is 0 Å². The summed E-state index contributed by atoms with van der Waals surface area (Å²) in [5.74, 6) is -0.414. The molecule has 6 nitrogen and oxygen atoms in total. The van der Waals surface area contributed by atoms with Gasteiger partial charge in [0, 0.05) is 34.8 Å². The van der Waals surface area contributed by atoms with Crippen LogP contribution in [0, 0.1) is 23.7 Å². The van der Waals surface area contributed by atoms with E-state index in [4.69, 9.17) is 56.6 Å². The lowest BCUT2D eigenvalue weighted by Gasteiger charge is -2.15. The van der Waals surface area contributed by atoms with Crippen molar-refractivity contribution in [2.24, 2.45) is 23.7 Å². The highest BCUT2D eigenvalue weighted by Gasteiger charge is 2.65. The number of ether oxygens (including phenoxy) is 2. The van der Waals surface area contributed by atoms with Crippen LogP contribution in [0.1, 0.15) is 25.7 Å². The second-order valence-corrected chi connectivity index (χ2v) is 10.9. The monoisotopic (exact) mass is 500 g/mol. The van der Waals surface area contributed by atoms with Crippen molar-refractivity contribution in [3.63, 3.8) is 0 Å². The fourth-order valence-electron chi connectivity index (χ4n) is 4.55. The van der Waals surface area contributed by atoms with Gasteiger partial charge < -0.3 is 19.7 Å². The molecule has 0 amide bonds. The highest BCUT2D eigenvalue weighted by Crippen LogP contribution is 2.67. The quantitative estimate of drug-likeness (QED) is 0.348. The third kappa shape index (κ3) is 4.24.